The van der Waals surface area contributed by atoms with Crippen LogP contribution < -0.4 is 21.9 Å². The van der Waals surface area contributed by atoms with Crippen LogP contribution in [0.5, 0.6) is 0 Å². The summed E-state index contributed by atoms with van der Waals surface area (Å²) in [5.41, 5.74) is 3.95. The van der Waals surface area contributed by atoms with Gasteiger partial charge in [0.15, 0.2) is 5.69 Å². The second kappa shape index (κ2) is 9.18. The number of anilines is 2. The van der Waals surface area contributed by atoms with Gasteiger partial charge in [0.25, 0.3) is 17.2 Å². The highest BCUT2D eigenvalue weighted by Gasteiger charge is 2.29. The molecule has 1 amide bonds. The SMILES string of the molecule is CCCCN(C(=O)c1ccccc1[N+](=O)[O-])c1c(N)n(CC(C)C)c(=O)[nH]c1=O. The van der Waals surface area contributed by atoms with Crippen LogP contribution in [0.4, 0.5) is 17.2 Å². The number of carbonyl (C=O) groups excluding carboxylic acids is 1. The number of rotatable bonds is 8. The number of hydrogen-bond donors (Lipinski definition) is 2. The Morgan fingerprint density at radius 3 is 2.55 bits per heavy atom. The Bertz CT molecular complexity index is 1020. The molecule has 0 radical (unpaired) electrons. The van der Waals surface area contributed by atoms with Crippen LogP contribution in [-0.4, -0.2) is 26.9 Å². The van der Waals surface area contributed by atoms with E-state index in [0.717, 1.165) is 4.90 Å². The fourth-order valence-electron chi connectivity index (χ4n) is 2.97. The van der Waals surface area contributed by atoms with Crippen LogP contribution in [-0.2, 0) is 6.54 Å². The number of para-hydroxylation sites is 1. The number of unbranched alkanes of at least 4 members (excludes halogenated alkanes) is 1. The van der Waals surface area contributed by atoms with Gasteiger partial charge in [-0.2, -0.15) is 0 Å². The molecule has 29 heavy (non-hydrogen) atoms. The summed E-state index contributed by atoms with van der Waals surface area (Å²) < 4.78 is 1.20. The van der Waals surface area contributed by atoms with E-state index in [-0.39, 0.29) is 41.8 Å². The van der Waals surface area contributed by atoms with E-state index in [1.54, 1.807) is 0 Å². The maximum Gasteiger partial charge on any atom is 0.330 e. The predicted octanol–water partition coefficient (Wildman–Crippen LogP) is 2.13. The number of nitro benzene ring substituents is 1. The van der Waals surface area contributed by atoms with Gasteiger partial charge >= 0.3 is 5.69 Å². The molecule has 0 atom stereocenters. The van der Waals surface area contributed by atoms with Crippen molar-refractivity contribution in [3.63, 3.8) is 0 Å². The highest BCUT2D eigenvalue weighted by Crippen LogP contribution is 2.25. The summed E-state index contributed by atoms with van der Waals surface area (Å²) in [7, 11) is 0. The number of nitrogens with one attached hydrogen (secondary N) is 1. The first kappa shape index (κ1) is 21.9. The molecule has 2 aromatic rings. The smallest absolute Gasteiger partial charge is 0.330 e. The van der Waals surface area contributed by atoms with Crippen LogP contribution in [0, 0.1) is 16.0 Å². The number of nitrogens with two attached hydrogens (primary N) is 1. The number of hydrogen-bond acceptors (Lipinski definition) is 6. The number of nitrogen functional groups attached to an aromatic ring is 1. The second-order valence-electron chi connectivity index (χ2n) is 7.08. The lowest BCUT2D eigenvalue weighted by Gasteiger charge is -2.24. The van der Waals surface area contributed by atoms with Gasteiger partial charge in [0.1, 0.15) is 11.4 Å². The second-order valence-corrected chi connectivity index (χ2v) is 7.08. The maximum absolute atomic E-state index is 13.2. The molecule has 3 N–H and O–H groups in total. The number of aromatic nitrogens is 2. The van der Waals surface area contributed by atoms with Crippen molar-refractivity contribution in [2.75, 3.05) is 17.2 Å². The zero-order valence-corrected chi connectivity index (χ0v) is 16.7. The molecule has 0 saturated heterocycles. The zero-order valence-electron chi connectivity index (χ0n) is 16.7. The van der Waals surface area contributed by atoms with Crippen molar-refractivity contribution in [1.82, 2.24) is 9.55 Å². The van der Waals surface area contributed by atoms with E-state index in [0.29, 0.717) is 12.8 Å². The first-order valence-corrected chi connectivity index (χ1v) is 9.36. The molecule has 0 saturated carbocycles. The van der Waals surface area contributed by atoms with Crippen molar-refractivity contribution in [1.29, 1.82) is 0 Å². The van der Waals surface area contributed by atoms with E-state index in [4.69, 9.17) is 5.73 Å². The van der Waals surface area contributed by atoms with Gasteiger partial charge in [-0.1, -0.05) is 39.3 Å². The molecule has 0 fully saturated rings. The molecule has 1 aromatic carbocycles. The van der Waals surface area contributed by atoms with Crippen LogP contribution in [0.3, 0.4) is 0 Å². The number of nitro groups is 1. The van der Waals surface area contributed by atoms with Crippen molar-refractivity contribution >= 4 is 23.1 Å². The predicted molar refractivity (Wildman–Crippen MR) is 110 cm³/mol. The molecule has 0 spiro atoms. The third kappa shape index (κ3) is 4.71. The fraction of sp³-hybridized carbons (Fsp3) is 0.421. The van der Waals surface area contributed by atoms with E-state index < -0.39 is 22.1 Å². The molecule has 0 aliphatic rings. The van der Waals surface area contributed by atoms with E-state index in [9.17, 15) is 24.5 Å². The molecule has 0 bridgehead atoms. The standard InChI is InChI=1S/C19H25N5O5/c1-4-5-10-22(18(26)13-8-6-7-9-14(13)24(28)29)15-16(20)23(11-12(2)3)19(27)21-17(15)25/h6-9,12H,4-5,10-11,20H2,1-3H3,(H,21,25,27). The van der Waals surface area contributed by atoms with Gasteiger partial charge in [-0.3, -0.25) is 29.3 Å². The number of benzene rings is 1. The minimum atomic E-state index is -0.810. The molecule has 2 rings (SSSR count). The van der Waals surface area contributed by atoms with Crippen LogP contribution in [0.15, 0.2) is 33.9 Å². The summed E-state index contributed by atoms with van der Waals surface area (Å²) in [6, 6.07) is 5.51. The summed E-state index contributed by atoms with van der Waals surface area (Å²) in [6.07, 6.45) is 1.25. The van der Waals surface area contributed by atoms with E-state index in [1.165, 1.54) is 28.8 Å². The molecule has 1 heterocycles. The quantitative estimate of drug-likeness (QED) is 0.510. The Balaban J connectivity index is 2.68. The maximum atomic E-state index is 13.2. The van der Waals surface area contributed by atoms with Gasteiger partial charge in [-0.25, -0.2) is 4.79 Å². The van der Waals surface area contributed by atoms with Crippen LogP contribution in [0.25, 0.3) is 0 Å². The monoisotopic (exact) mass is 403 g/mol. The average Bonchev–Trinajstić information content (AvgIpc) is 2.66. The largest absolute Gasteiger partial charge is 0.383 e. The summed E-state index contributed by atoms with van der Waals surface area (Å²) in [5, 5.41) is 11.4. The first-order valence-electron chi connectivity index (χ1n) is 9.36. The third-order valence-corrected chi connectivity index (χ3v) is 4.34. The van der Waals surface area contributed by atoms with E-state index in [2.05, 4.69) is 4.98 Å². The highest BCUT2D eigenvalue weighted by atomic mass is 16.6. The van der Waals surface area contributed by atoms with Crippen molar-refractivity contribution in [2.24, 2.45) is 5.92 Å². The lowest BCUT2D eigenvalue weighted by molar-refractivity contribution is -0.385. The average molecular weight is 403 g/mol. The summed E-state index contributed by atoms with van der Waals surface area (Å²) in [5.74, 6) is -0.808. The van der Waals surface area contributed by atoms with Gasteiger partial charge in [0.2, 0.25) is 0 Å². The van der Waals surface area contributed by atoms with Crippen molar-refractivity contribution in [3.8, 4) is 0 Å². The van der Waals surface area contributed by atoms with Crippen LogP contribution in [0.2, 0.25) is 0 Å². The van der Waals surface area contributed by atoms with Gasteiger partial charge in [-0.05, 0) is 18.4 Å². The van der Waals surface area contributed by atoms with Crippen molar-refractivity contribution in [2.45, 2.75) is 40.2 Å². The Labute approximate surface area is 167 Å². The summed E-state index contributed by atoms with van der Waals surface area (Å²) in [4.78, 5) is 52.0. The normalized spacial score (nSPS) is 10.9. The molecule has 1 aromatic heterocycles. The lowest BCUT2D eigenvalue weighted by Crippen LogP contribution is -2.42. The lowest BCUT2D eigenvalue weighted by atomic mass is 10.1. The molecular weight excluding hydrogens is 378 g/mol. The molecule has 0 aliphatic carbocycles. The van der Waals surface area contributed by atoms with Crippen LogP contribution in [0.1, 0.15) is 44.0 Å². The number of nitrogens with zero attached hydrogens (tertiary/aromatic N) is 3. The molecule has 10 nitrogen and oxygen atoms in total. The topological polar surface area (TPSA) is 144 Å². The van der Waals surface area contributed by atoms with E-state index >= 15 is 0 Å². The molecule has 0 aliphatic heterocycles. The molecule has 156 valence electrons. The number of carbonyl (C=O) groups is 1. The molecule has 10 heteroatoms. The van der Waals surface area contributed by atoms with Crippen LogP contribution >= 0.6 is 0 Å². The molecular formula is C19H25N5O5. The number of aromatic amines is 1. The van der Waals surface area contributed by atoms with Crippen molar-refractivity contribution < 1.29 is 9.72 Å². The fourth-order valence-corrected chi connectivity index (χ4v) is 2.97. The third-order valence-electron chi connectivity index (χ3n) is 4.34. The summed E-state index contributed by atoms with van der Waals surface area (Å²) in [6.45, 7) is 6.03. The zero-order chi connectivity index (χ0) is 21.7. The van der Waals surface area contributed by atoms with Crippen molar-refractivity contribution in [3.05, 3.63) is 60.8 Å². The van der Waals surface area contributed by atoms with Gasteiger partial charge < -0.3 is 10.6 Å². The molecule has 0 unspecified atom stereocenters. The first-order chi connectivity index (χ1) is 13.7. The van der Waals surface area contributed by atoms with Gasteiger partial charge in [0.05, 0.1) is 4.92 Å². The minimum Gasteiger partial charge on any atom is -0.383 e. The Morgan fingerprint density at radius 1 is 1.31 bits per heavy atom. The number of amides is 1. The number of H-pyrrole nitrogens is 1. The minimum absolute atomic E-state index is 0.0590. The van der Waals surface area contributed by atoms with E-state index in [1.807, 2.05) is 20.8 Å². The Kier molecular flexibility index (Phi) is 6.92. The van der Waals surface area contributed by atoms with Gasteiger partial charge in [0, 0.05) is 19.2 Å². The summed E-state index contributed by atoms with van der Waals surface area (Å²) >= 11 is 0. The Morgan fingerprint density at radius 2 is 1.97 bits per heavy atom. The van der Waals surface area contributed by atoms with Gasteiger partial charge in [-0.15, -0.1) is 0 Å². The Hall–Kier alpha value is -3.43. The highest BCUT2D eigenvalue weighted by molar-refractivity contribution is 6.09.